The van der Waals surface area contributed by atoms with Crippen LogP contribution >= 0.6 is 23.5 Å². The molecule has 0 radical (unpaired) electrons. The summed E-state index contributed by atoms with van der Waals surface area (Å²) in [6.45, 7) is 0. The Hall–Kier alpha value is -1.62. The average molecular weight is 270 g/mol. The smallest absolute Gasteiger partial charge is 0.101 e. The molecule has 0 atom stereocenters. The molecule has 2 rings (SSSR count). The van der Waals surface area contributed by atoms with E-state index in [1.54, 1.807) is 23.5 Å². The van der Waals surface area contributed by atoms with Gasteiger partial charge in [0.1, 0.15) is 12.1 Å². The summed E-state index contributed by atoms with van der Waals surface area (Å²) < 4.78 is 0. The summed E-state index contributed by atoms with van der Waals surface area (Å²) in [5.74, 6) is 0. The predicted octanol–water partition coefficient (Wildman–Crippen LogP) is 4.03. The maximum atomic E-state index is 9.29. The van der Waals surface area contributed by atoms with Gasteiger partial charge in [0.15, 0.2) is 0 Å². The lowest BCUT2D eigenvalue weighted by Crippen LogP contribution is -1.89. The fourth-order valence-corrected chi connectivity index (χ4v) is 3.06. The molecule has 0 aliphatic heterocycles. The second-order valence-corrected chi connectivity index (χ2v) is 5.30. The molecule has 0 bridgehead atoms. The first-order valence-electron chi connectivity index (χ1n) is 5.24. The quantitative estimate of drug-likeness (QED) is 0.773. The summed E-state index contributed by atoms with van der Waals surface area (Å²) in [5.41, 5.74) is 1.31. The van der Waals surface area contributed by atoms with Crippen LogP contribution in [0.2, 0.25) is 0 Å². The van der Waals surface area contributed by atoms with Gasteiger partial charge in [-0.15, -0.1) is 23.5 Å². The summed E-state index contributed by atoms with van der Waals surface area (Å²) in [4.78, 5) is 1.90. The van der Waals surface area contributed by atoms with E-state index < -0.39 is 0 Å². The SMILES string of the molecule is CSc1ccc2c(C#N)c(SC)ccc2c1C#N. The molecule has 88 valence electrons. The van der Waals surface area contributed by atoms with E-state index >= 15 is 0 Å². The molecule has 0 heterocycles. The molecule has 2 aromatic carbocycles. The first kappa shape index (κ1) is 12.8. The van der Waals surface area contributed by atoms with Gasteiger partial charge in [-0.2, -0.15) is 10.5 Å². The standard InChI is InChI=1S/C14H10N2S2/c1-17-13-5-3-10-9(11(13)7-15)4-6-14(18-2)12(10)8-16/h3-6H,1-2H3. The molecule has 0 amide bonds. The van der Waals surface area contributed by atoms with Crippen LogP contribution in [0.5, 0.6) is 0 Å². The van der Waals surface area contributed by atoms with Crippen LogP contribution < -0.4 is 0 Å². The zero-order valence-corrected chi connectivity index (χ0v) is 11.7. The van der Waals surface area contributed by atoms with E-state index in [1.807, 2.05) is 36.8 Å². The minimum atomic E-state index is 0.657. The zero-order chi connectivity index (χ0) is 13.1. The number of fused-ring (bicyclic) bond motifs is 1. The third-order valence-corrected chi connectivity index (χ3v) is 4.35. The highest BCUT2D eigenvalue weighted by Gasteiger charge is 2.12. The minimum absolute atomic E-state index is 0.657. The van der Waals surface area contributed by atoms with Crippen LogP contribution in [-0.4, -0.2) is 12.5 Å². The molecule has 0 fully saturated rings. The molecule has 0 aromatic heterocycles. The van der Waals surface area contributed by atoms with Crippen molar-refractivity contribution in [2.24, 2.45) is 0 Å². The van der Waals surface area contributed by atoms with Crippen molar-refractivity contribution in [1.82, 2.24) is 0 Å². The molecule has 4 heteroatoms. The Morgan fingerprint density at radius 3 is 1.44 bits per heavy atom. The van der Waals surface area contributed by atoms with Gasteiger partial charge in [-0.25, -0.2) is 0 Å². The summed E-state index contributed by atoms with van der Waals surface area (Å²) in [6.07, 6.45) is 3.90. The van der Waals surface area contributed by atoms with Gasteiger partial charge in [-0.1, -0.05) is 12.1 Å². The van der Waals surface area contributed by atoms with E-state index in [0.29, 0.717) is 11.1 Å². The van der Waals surface area contributed by atoms with Crippen LogP contribution in [0, 0.1) is 22.7 Å². The third kappa shape index (κ3) is 1.95. The summed E-state index contributed by atoms with van der Waals surface area (Å²) in [7, 11) is 0. The van der Waals surface area contributed by atoms with Gasteiger partial charge in [-0.05, 0) is 24.6 Å². The van der Waals surface area contributed by atoms with Crippen molar-refractivity contribution in [3.8, 4) is 12.1 Å². The van der Waals surface area contributed by atoms with Crippen molar-refractivity contribution < 1.29 is 0 Å². The Balaban J connectivity index is 2.91. The number of nitriles is 2. The number of hydrogen-bond acceptors (Lipinski definition) is 4. The van der Waals surface area contributed by atoms with Crippen LogP contribution in [0.25, 0.3) is 10.8 Å². The number of thioether (sulfide) groups is 2. The van der Waals surface area contributed by atoms with E-state index in [9.17, 15) is 10.5 Å². The van der Waals surface area contributed by atoms with Crippen LogP contribution in [0.15, 0.2) is 34.1 Å². The molecular weight excluding hydrogens is 260 g/mol. The second-order valence-electron chi connectivity index (χ2n) is 3.60. The summed E-state index contributed by atoms with van der Waals surface area (Å²) in [6, 6.07) is 12.2. The van der Waals surface area contributed by atoms with Crippen molar-refractivity contribution in [3.05, 3.63) is 35.4 Å². The number of rotatable bonds is 2. The van der Waals surface area contributed by atoms with E-state index in [4.69, 9.17) is 0 Å². The van der Waals surface area contributed by atoms with Gasteiger partial charge in [0, 0.05) is 20.6 Å². The first-order chi connectivity index (χ1) is 8.76. The summed E-state index contributed by atoms with van der Waals surface area (Å²) >= 11 is 3.10. The van der Waals surface area contributed by atoms with Gasteiger partial charge < -0.3 is 0 Å². The highest BCUT2D eigenvalue weighted by Crippen LogP contribution is 2.33. The summed E-state index contributed by atoms with van der Waals surface area (Å²) in [5, 5.41) is 20.3. The second kappa shape index (κ2) is 5.35. The lowest BCUT2D eigenvalue weighted by molar-refractivity contribution is 1.37. The Morgan fingerprint density at radius 2 is 1.17 bits per heavy atom. The van der Waals surface area contributed by atoms with E-state index in [-0.39, 0.29) is 0 Å². The van der Waals surface area contributed by atoms with Crippen molar-refractivity contribution in [2.75, 3.05) is 12.5 Å². The molecule has 0 aliphatic rings. The number of nitrogens with zero attached hydrogens (tertiary/aromatic N) is 2. The van der Waals surface area contributed by atoms with Crippen LogP contribution in [-0.2, 0) is 0 Å². The molecule has 0 unspecified atom stereocenters. The van der Waals surface area contributed by atoms with Gasteiger partial charge in [0.25, 0.3) is 0 Å². The van der Waals surface area contributed by atoms with E-state index in [1.165, 1.54) is 0 Å². The molecule has 2 nitrogen and oxygen atoms in total. The van der Waals surface area contributed by atoms with Crippen LogP contribution in [0.1, 0.15) is 11.1 Å². The normalized spacial score (nSPS) is 10.0. The average Bonchev–Trinajstić information content (AvgIpc) is 2.44. The monoisotopic (exact) mass is 270 g/mol. The maximum Gasteiger partial charge on any atom is 0.101 e. The highest BCUT2D eigenvalue weighted by atomic mass is 32.2. The van der Waals surface area contributed by atoms with Crippen molar-refractivity contribution in [3.63, 3.8) is 0 Å². The Morgan fingerprint density at radius 1 is 0.778 bits per heavy atom. The van der Waals surface area contributed by atoms with Gasteiger partial charge in [0.05, 0.1) is 11.1 Å². The largest absolute Gasteiger partial charge is 0.192 e. The Labute approximate surface area is 115 Å². The fourth-order valence-electron chi connectivity index (χ4n) is 1.94. The minimum Gasteiger partial charge on any atom is -0.192 e. The lowest BCUT2D eigenvalue weighted by atomic mass is 10.0. The van der Waals surface area contributed by atoms with Gasteiger partial charge in [-0.3, -0.25) is 0 Å². The van der Waals surface area contributed by atoms with E-state index in [0.717, 1.165) is 20.6 Å². The first-order valence-corrected chi connectivity index (χ1v) is 7.69. The molecule has 0 saturated carbocycles. The van der Waals surface area contributed by atoms with E-state index in [2.05, 4.69) is 12.1 Å². The van der Waals surface area contributed by atoms with Gasteiger partial charge >= 0.3 is 0 Å². The van der Waals surface area contributed by atoms with Gasteiger partial charge in [0.2, 0.25) is 0 Å². The zero-order valence-electron chi connectivity index (χ0n) is 10.0. The third-order valence-electron chi connectivity index (χ3n) is 2.79. The Kier molecular flexibility index (Phi) is 3.81. The van der Waals surface area contributed by atoms with Crippen molar-refractivity contribution >= 4 is 34.3 Å². The fraction of sp³-hybridized carbons (Fsp3) is 0.143. The predicted molar refractivity (Wildman–Crippen MR) is 76.9 cm³/mol. The molecular formula is C14H10N2S2. The van der Waals surface area contributed by atoms with Crippen molar-refractivity contribution in [2.45, 2.75) is 9.79 Å². The Bertz CT molecular complexity index is 632. The molecule has 0 aliphatic carbocycles. The molecule has 0 N–H and O–H groups in total. The van der Waals surface area contributed by atoms with Crippen LogP contribution in [0.3, 0.4) is 0 Å². The van der Waals surface area contributed by atoms with Crippen LogP contribution in [0.4, 0.5) is 0 Å². The lowest BCUT2D eigenvalue weighted by Gasteiger charge is -2.09. The molecule has 2 aromatic rings. The topological polar surface area (TPSA) is 47.6 Å². The molecule has 0 spiro atoms. The molecule has 18 heavy (non-hydrogen) atoms. The van der Waals surface area contributed by atoms with Crippen molar-refractivity contribution in [1.29, 1.82) is 10.5 Å². The maximum absolute atomic E-state index is 9.29. The molecule has 0 saturated heterocycles. The number of hydrogen-bond donors (Lipinski definition) is 0. The highest BCUT2D eigenvalue weighted by molar-refractivity contribution is 7.99. The number of benzene rings is 2.